The lowest BCUT2D eigenvalue weighted by Gasteiger charge is -2.07. The molecule has 0 aliphatic rings. The van der Waals surface area contributed by atoms with Crippen LogP contribution in [0.2, 0.25) is 0 Å². The highest BCUT2D eigenvalue weighted by Gasteiger charge is 2.16. The number of aromatic nitrogens is 2. The maximum Gasteiger partial charge on any atom is 0.256 e. The first kappa shape index (κ1) is 44.2. The Morgan fingerprint density at radius 1 is 0.362 bits per heavy atom. The van der Waals surface area contributed by atoms with E-state index >= 15 is 0 Å². The third-order valence-corrected chi connectivity index (χ3v) is 10.8. The van der Waals surface area contributed by atoms with Crippen LogP contribution in [0.25, 0.3) is 0 Å². The number of nitrogens with zero attached hydrogens (tertiary/aromatic N) is 2. The monoisotopic (exact) mass is 658 g/mol. The average Bonchev–Trinajstić information content (AvgIpc) is 3.47. The Hall–Kier alpha value is -0.790. The van der Waals surface area contributed by atoms with Crippen molar-refractivity contribution in [1.82, 2.24) is 4.57 Å². The van der Waals surface area contributed by atoms with Crippen molar-refractivity contribution in [2.45, 2.75) is 271 Å². The van der Waals surface area contributed by atoms with Crippen molar-refractivity contribution in [3.63, 3.8) is 0 Å². The van der Waals surface area contributed by atoms with E-state index in [4.69, 9.17) is 0 Å². The Kier molecular flexibility index (Phi) is 34.3. The van der Waals surface area contributed by atoms with E-state index in [0.717, 1.165) is 0 Å². The van der Waals surface area contributed by atoms with Crippen LogP contribution in [0.3, 0.4) is 0 Å². The number of unbranched alkanes of at least 4 members (excludes halogenated alkanes) is 33. The zero-order valence-electron chi connectivity index (χ0n) is 33.1. The molecule has 0 aliphatic heterocycles. The standard InChI is InChI=1S/C45H89N2/c1-4-7-10-13-16-18-20-22-23-24-25-26-28-30-33-36-39-42-47-44-43-46(41-38-35-32-15-12-9-6-3)45(47)40-37-34-31-29-27-21-19-17-14-11-8-5-2/h43-44H,4-42H2,1-3H3/q+1. The number of imidazole rings is 1. The van der Waals surface area contributed by atoms with Crippen LogP contribution >= 0.6 is 0 Å². The second kappa shape index (κ2) is 36.5. The van der Waals surface area contributed by atoms with Crippen molar-refractivity contribution in [2.24, 2.45) is 0 Å². The van der Waals surface area contributed by atoms with Gasteiger partial charge in [-0.25, -0.2) is 9.13 Å². The highest BCUT2D eigenvalue weighted by Crippen LogP contribution is 2.16. The van der Waals surface area contributed by atoms with Gasteiger partial charge in [-0.05, 0) is 32.1 Å². The van der Waals surface area contributed by atoms with Gasteiger partial charge in [0, 0.05) is 6.42 Å². The van der Waals surface area contributed by atoms with E-state index in [1.165, 1.54) is 251 Å². The fraction of sp³-hybridized carbons (Fsp3) is 0.933. The third kappa shape index (κ3) is 28.7. The minimum atomic E-state index is 1.23. The fourth-order valence-corrected chi connectivity index (χ4v) is 7.56. The van der Waals surface area contributed by atoms with Crippen molar-refractivity contribution in [1.29, 1.82) is 0 Å². The molecule has 0 aliphatic carbocycles. The molecule has 1 heterocycles. The Labute approximate surface area is 298 Å². The van der Waals surface area contributed by atoms with Gasteiger partial charge in [-0.3, -0.25) is 0 Å². The van der Waals surface area contributed by atoms with E-state index in [1.54, 1.807) is 5.82 Å². The summed E-state index contributed by atoms with van der Waals surface area (Å²) in [5.41, 5.74) is 0. The number of hydrogen-bond acceptors (Lipinski definition) is 0. The Morgan fingerprint density at radius 2 is 0.660 bits per heavy atom. The van der Waals surface area contributed by atoms with Crippen LogP contribution < -0.4 is 4.57 Å². The van der Waals surface area contributed by atoms with Crippen LogP contribution in [0, 0.1) is 0 Å². The van der Waals surface area contributed by atoms with E-state index in [1.807, 2.05) is 0 Å². The van der Waals surface area contributed by atoms with Crippen molar-refractivity contribution in [3.8, 4) is 0 Å². The first-order valence-corrected chi connectivity index (χ1v) is 22.4. The summed E-state index contributed by atoms with van der Waals surface area (Å²) < 4.78 is 5.28. The SMILES string of the molecule is CCCCCCCCCCCCCCCCCCCn1cc[n+](CCCCCCCCC)c1CCCCCCCCCCCCCC. The Morgan fingerprint density at radius 3 is 1.02 bits per heavy atom. The molecule has 0 saturated heterocycles. The molecule has 0 fully saturated rings. The van der Waals surface area contributed by atoms with Crippen molar-refractivity contribution < 1.29 is 4.57 Å². The predicted molar refractivity (Wildman–Crippen MR) is 212 cm³/mol. The largest absolute Gasteiger partial charge is 0.256 e. The van der Waals surface area contributed by atoms with E-state index in [9.17, 15) is 0 Å². The van der Waals surface area contributed by atoms with Crippen LogP contribution in [0.4, 0.5) is 0 Å². The Balaban J connectivity index is 2.20. The van der Waals surface area contributed by atoms with Gasteiger partial charge in [0.1, 0.15) is 12.4 Å². The van der Waals surface area contributed by atoms with Crippen LogP contribution in [0.1, 0.15) is 258 Å². The molecule has 1 aromatic rings. The molecule has 1 rings (SSSR count). The Bertz CT molecular complexity index is 722. The molecule has 0 atom stereocenters. The first-order chi connectivity index (χ1) is 23.3. The summed E-state index contributed by atoms with van der Waals surface area (Å²) >= 11 is 0. The molecule has 2 nitrogen and oxygen atoms in total. The van der Waals surface area contributed by atoms with Gasteiger partial charge in [0.25, 0.3) is 5.82 Å². The lowest BCUT2D eigenvalue weighted by Crippen LogP contribution is -2.37. The highest BCUT2D eigenvalue weighted by atomic mass is 15.1. The molecular formula is C45H89N2+. The minimum absolute atomic E-state index is 1.23. The molecular weight excluding hydrogens is 569 g/mol. The van der Waals surface area contributed by atoms with Gasteiger partial charge in [0.05, 0.1) is 13.1 Å². The summed E-state index contributed by atoms with van der Waals surface area (Å²) in [5.74, 6) is 1.62. The molecule has 278 valence electrons. The van der Waals surface area contributed by atoms with Gasteiger partial charge in [0.15, 0.2) is 0 Å². The summed E-state index contributed by atoms with van der Waals surface area (Å²) in [5, 5.41) is 0. The second-order valence-corrected chi connectivity index (χ2v) is 15.5. The van der Waals surface area contributed by atoms with Gasteiger partial charge >= 0.3 is 0 Å². The highest BCUT2D eigenvalue weighted by molar-refractivity contribution is 4.84. The van der Waals surface area contributed by atoms with Crippen LogP contribution in [0.15, 0.2) is 12.4 Å². The quantitative estimate of drug-likeness (QED) is 0.0492. The molecule has 0 saturated carbocycles. The topological polar surface area (TPSA) is 8.81 Å². The molecule has 0 bridgehead atoms. The minimum Gasteiger partial charge on any atom is -0.234 e. The zero-order chi connectivity index (χ0) is 33.7. The molecule has 47 heavy (non-hydrogen) atoms. The van der Waals surface area contributed by atoms with Crippen molar-refractivity contribution in [2.75, 3.05) is 0 Å². The lowest BCUT2D eigenvalue weighted by molar-refractivity contribution is -0.704. The van der Waals surface area contributed by atoms with Crippen molar-refractivity contribution >= 4 is 0 Å². The maximum atomic E-state index is 2.64. The second-order valence-electron chi connectivity index (χ2n) is 15.5. The molecule has 0 N–H and O–H groups in total. The van der Waals surface area contributed by atoms with Crippen LogP contribution in [-0.4, -0.2) is 4.57 Å². The maximum absolute atomic E-state index is 2.64. The first-order valence-electron chi connectivity index (χ1n) is 22.4. The molecule has 0 spiro atoms. The summed E-state index contributed by atoms with van der Waals surface area (Å²) in [6.45, 7) is 9.41. The summed E-state index contributed by atoms with van der Waals surface area (Å²) in [7, 11) is 0. The lowest BCUT2D eigenvalue weighted by atomic mass is 10.0. The van der Waals surface area contributed by atoms with E-state index in [-0.39, 0.29) is 0 Å². The summed E-state index contributed by atoms with van der Waals surface area (Å²) in [6, 6.07) is 0. The number of rotatable bonds is 39. The molecule has 0 amide bonds. The molecule has 0 aromatic carbocycles. The zero-order valence-corrected chi connectivity index (χ0v) is 33.1. The van der Waals surface area contributed by atoms with Gasteiger partial charge in [-0.2, -0.15) is 0 Å². The summed E-state index contributed by atoms with van der Waals surface area (Å²) in [6.07, 6.45) is 57.9. The van der Waals surface area contributed by atoms with E-state index in [2.05, 4.69) is 42.3 Å². The number of hydrogen-bond donors (Lipinski definition) is 0. The smallest absolute Gasteiger partial charge is 0.234 e. The van der Waals surface area contributed by atoms with Crippen LogP contribution in [-0.2, 0) is 19.5 Å². The molecule has 1 aromatic heterocycles. The van der Waals surface area contributed by atoms with Gasteiger partial charge in [-0.15, -0.1) is 0 Å². The fourth-order valence-electron chi connectivity index (χ4n) is 7.56. The van der Waals surface area contributed by atoms with Gasteiger partial charge < -0.3 is 0 Å². The van der Waals surface area contributed by atoms with E-state index < -0.39 is 0 Å². The molecule has 2 heteroatoms. The average molecular weight is 658 g/mol. The molecule has 0 unspecified atom stereocenters. The predicted octanol–water partition coefficient (Wildman–Crippen LogP) is 15.4. The molecule has 0 radical (unpaired) electrons. The summed E-state index contributed by atoms with van der Waals surface area (Å²) in [4.78, 5) is 0. The van der Waals surface area contributed by atoms with Gasteiger partial charge in [-0.1, -0.05) is 220 Å². The third-order valence-electron chi connectivity index (χ3n) is 10.8. The normalized spacial score (nSPS) is 11.6. The number of aryl methyl sites for hydroxylation is 2. The van der Waals surface area contributed by atoms with Gasteiger partial charge in [0.2, 0.25) is 0 Å². The van der Waals surface area contributed by atoms with Crippen molar-refractivity contribution in [3.05, 3.63) is 18.2 Å². The van der Waals surface area contributed by atoms with E-state index in [0.29, 0.717) is 0 Å². The van der Waals surface area contributed by atoms with Crippen LogP contribution in [0.5, 0.6) is 0 Å².